The summed E-state index contributed by atoms with van der Waals surface area (Å²) >= 11 is 0. The number of hydrogen-bond acceptors (Lipinski definition) is 6. The molecule has 0 radical (unpaired) electrons. The van der Waals surface area contributed by atoms with Gasteiger partial charge in [-0.1, -0.05) is 5.21 Å². The molecule has 0 bridgehead atoms. The van der Waals surface area contributed by atoms with Crippen molar-refractivity contribution >= 4 is 5.91 Å². The van der Waals surface area contributed by atoms with Gasteiger partial charge in [-0.2, -0.15) is 5.10 Å². The number of nitrogens with zero attached hydrogens (tertiary/aromatic N) is 6. The molecule has 1 saturated carbocycles. The maximum atomic E-state index is 12.4. The SMILES string of the molecule is CCn1ncnc1C(C)NC(=O)c1cn(C2CCC(N)CC2)nn1. The fourth-order valence-electron chi connectivity index (χ4n) is 3.11. The highest BCUT2D eigenvalue weighted by Crippen LogP contribution is 2.26. The quantitative estimate of drug-likeness (QED) is 0.837. The number of nitrogens with one attached hydrogen (secondary N) is 1. The van der Waals surface area contributed by atoms with E-state index in [1.165, 1.54) is 6.33 Å². The van der Waals surface area contributed by atoms with Gasteiger partial charge in [0.25, 0.3) is 5.91 Å². The predicted octanol–water partition coefficient (Wildman–Crippen LogP) is 0.823. The Kier molecular flexibility index (Phi) is 4.89. The molecule has 0 aromatic carbocycles. The van der Waals surface area contributed by atoms with Crippen molar-refractivity contribution in [1.82, 2.24) is 35.1 Å². The summed E-state index contributed by atoms with van der Waals surface area (Å²) in [5.41, 5.74) is 6.25. The smallest absolute Gasteiger partial charge is 0.274 e. The van der Waals surface area contributed by atoms with Crippen LogP contribution in [-0.2, 0) is 6.54 Å². The maximum Gasteiger partial charge on any atom is 0.274 e. The van der Waals surface area contributed by atoms with Crippen molar-refractivity contribution in [3.8, 4) is 0 Å². The molecule has 1 unspecified atom stereocenters. The lowest BCUT2D eigenvalue weighted by Gasteiger charge is -2.25. The first-order valence-corrected chi connectivity index (χ1v) is 8.44. The fourth-order valence-corrected chi connectivity index (χ4v) is 3.11. The summed E-state index contributed by atoms with van der Waals surface area (Å²) in [5, 5.41) is 15.2. The van der Waals surface area contributed by atoms with Crippen LogP contribution in [0.2, 0.25) is 0 Å². The van der Waals surface area contributed by atoms with Crippen molar-refractivity contribution in [2.75, 3.05) is 0 Å². The monoisotopic (exact) mass is 332 g/mol. The summed E-state index contributed by atoms with van der Waals surface area (Å²) < 4.78 is 3.55. The van der Waals surface area contributed by atoms with Crippen molar-refractivity contribution in [3.63, 3.8) is 0 Å². The van der Waals surface area contributed by atoms with E-state index in [1.807, 2.05) is 13.8 Å². The van der Waals surface area contributed by atoms with Crippen LogP contribution in [0.25, 0.3) is 0 Å². The molecular formula is C15H24N8O. The molecule has 9 heteroatoms. The molecule has 1 aliphatic rings. The minimum absolute atomic E-state index is 0.252. The average Bonchev–Trinajstić information content (AvgIpc) is 3.24. The molecule has 9 nitrogen and oxygen atoms in total. The van der Waals surface area contributed by atoms with Crippen LogP contribution in [0.3, 0.4) is 0 Å². The molecule has 0 spiro atoms. The van der Waals surface area contributed by atoms with Crippen molar-refractivity contribution in [2.45, 2.75) is 64.2 Å². The Morgan fingerprint density at radius 2 is 2.17 bits per heavy atom. The first kappa shape index (κ1) is 16.6. The van der Waals surface area contributed by atoms with Gasteiger partial charge in [0.15, 0.2) is 5.69 Å². The Balaban J connectivity index is 1.63. The third-order valence-electron chi connectivity index (χ3n) is 4.54. The molecule has 130 valence electrons. The van der Waals surface area contributed by atoms with E-state index in [-0.39, 0.29) is 24.0 Å². The Morgan fingerprint density at radius 1 is 1.42 bits per heavy atom. The molecule has 0 aliphatic heterocycles. The molecule has 2 heterocycles. The molecule has 0 saturated heterocycles. The van der Waals surface area contributed by atoms with E-state index in [1.54, 1.807) is 15.6 Å². The Bertz CT molecular complexity index is 685. The van der Waals surface area contributed by atoms with Crippen LogP contribution in [-0.4, -0.2) is 41.7 Å². The molecule has 3 rings (SSSR count). The largest absolute Gasteiger partial charge is 0.341 e. The lowest BCUT2D eigenvalue weighted by atomic mass is 9.92. The molecule has 1 aliphatic carbocycles. The zero-order chi connectivity index (χ0) is 17.1. The molecular weight excluding hydrogens is 308 g/mol. The first-order valence-electron chi connectivity index (χ1n) is 8.44. The number of aromatic nitrogens is 6. The number of hydrogen-bond donors (Lipinski definition) is 2. The molecule has 24 heavy (non-hydrogen) atoms. The van der Waals surface area contributed by atoms with E-state index >= 15 is 0 Å². The number of nitrogens with two attached hydrogens (primary N) is 1. The maximum absolute atomic E-state index is 12.4. The van der Waals surface area contributed by atoms with Gasteiger partial charge in [0.1, 0.15) is 12.2 Å². The van der Waals surface area contributed by atoms with Crippen LogP contribution in [0.15, 0.2) is 12.5 Å². The van der Waals surface area contributed by atoms with Crippen LogP contribution in [0, 0.1) is 0 Å². The van der Waals surface area contributed by atoms with Crippen LogP contribution in [0.5, 0.6) is 0 Å². The lowest BCUT2D eigenvalue weighted by Crippen LogP contribution is -2.29. The Morgan fingerprint density at radius 3 is 2.88 bits per heavy atom. The fraction of sp³-hybridized carbons (Fsp3) is 0.667. The number of carbonyl (C=O) groups is 1. The predicted molar refractivity (Wildman–Crippen MR) is 87.1 cm³/mol. The second kappa shape index (κ2) is 7.08. The van der Waals surface area contributed by atoms with Crippen LogP contribution < -0.4 is 11.1 Å². The van der Waals surface area contributed by atoms with E-state index < -0.39 is 0 Å². The molecule has 1 fully saturated rings. The summed E-state index contributed by atoms with van der Waals surface area (Å²) in [7, 11) is 0. The van der Waals surface area contributed by atoms with E-state index in [4.69, 9.17) is 5.73 Å². The van der Waals surface area contributed by atoms with Crippen molar-refractivity contribution < 1.29 is 4.79 Å². The van der Waals surface area contributed by atoms with Gasteiger partial charge in [0.2, 0.25) is 0 Å². The molecule has 1 atom stereocenters. The summed E-state index contributed by atoms with van der Waals surface area (Å²) in [6, 6.07) is 0.307. The highest BCUT2D eigenvalue weighted by Gasteiger charge is 2.23. The van der Waals surface area contributed by atoms with Gasteiger partial charge in [-0.3, -0.25) is 4.79 Å². The lowest BCUT2D eigenvalue weighted by molar-refractivity contribution is 0.0932. The molecule has 2 aromatic rings. The van der Waals surface area contributed by atoms with Gasteiger partial charge in [-0.25, -0.2) is 14.3 Å². The van der Waals surface area contributed by atoms with Gasteiger partial charge in [0, 0.05) is 12.6 Å². The van der Waals surface area contributed by atoms with E-state index in [0.29, 0.717) is 12.2 Å². The summed E-state index contributed by atoms with van der Waals surface area (Å²) in [5.74, 6) is 0.464. The van der Waals surface area contributed by atoms with Gasteiger partial charge in [0.05, 0.1) is 18.3 Å². The topological polar surface area (TPSA) is 117 Å². The minimum Gasteiger partial charge on any atom is -0.341 e. The minimum atomic E-state index is -0.257. The third-order valence-corrected chi connectivity index (χ3v) is 4.54. The molecule has 3 N–H and O–H groups in total. The highest BCUT2D eigenvalue weighted by molar-refractivity contribution is 5.92. The summed E-state index contributed by atoms with van der Waals surface area (Å²) in [6.45, 7) is 4.56. The van der Waals surface area contributed by atoms with Crippen molar-refractivity contribution in [1.29, 1.82) is 0 Å². The van der Waals surface area contributed by atoms with E-state index in [0.717, 1.165) is 31.5 Å². The third kappa shape index (κ3) is 3.45. The first-order chi connectivity index (χ1) is 11.6. The highest BCUT2D eigenvalue weighted by atomic mass is 16.2. The van der Waals surface area contributed by atoms with Crippen molar-refractivity contribution in [3.05, 3.63) is 24.0 Å². The van der Waals surface area contributed by atoms with Gasteiger partial charge in [-0.05, 0) is 39.5 Å². The van der Waals surface area contributed by atoms with Crippen molar-refractivity contribution in [2.24, 2.45) is 5.73 Å². The second-order valence-electron chi connectivity index (χ2n) is 6.28. The number of carbonyl (C=O) groups excluding carboxylic acids is 1. The number of amides is 1. The van der Waals surface area contributed by atoms with E-state index in [9.17, 15) is 4.79 Å². The van der Waals surface area contributed by atoms with Crippen LogP contribution in [0.4, 0.5) is 0 Å². The summed E-state index contributed by atoms with van der Waals surface area (Å²) in [4.78, 5) is 16.6. The normalized spacial score (nSPS) is 22.3. The van der Waals surface area contributed by atoms with Gasteiger partial charge in [-0.15, -0.1) is 5.10 Å². The Hall–Kier alpha value is -2.29. The van der Waals surface area contributed by atoms with Crippen LogP contribution in [0.1, 0.15) is 67.9 Å². The summed E-state index contributed by atoms with van der Waals surface area (Å²) in [6.07, 6.45) is 7.12. The second-order valence-corrected chi connectivity index (χ2v) is 6.28. The van der Waals surface area contributed by atoms with Crippen LogP contribution >= 0.6 is 0 Å². The standard InChI is InChI=1S/C15H24N8O/c1-3-22-14(17-9-18-22)10(2)19-15(24)13-8-23(21-20-13)12-6-4-11(16)5-7-12/h8-12H,3-7,16H2,1-2H3,(H,19,24). The number of rotatable bonds is 5. The molecule has 1 amide bonds. The van der Waals surface area contributed by atoms with Gasteiger partial charge < -0.3 is 11.1 Å². The zero-order valence-electron chi connectivity index (χ0n) is 14.1. The molecule has 2 aromatic heterocycles. The zero-order valence-corrected chi connectivity index (χ0v) is 14.1. The average molecular weight is 332 g/mol. The van der Waals surface area contributed by atoms with E-state index in [2.05, 4.69) is 25.7 Å². The number of aryl methyl sites for hydroxylation is 1. The Labute approximate surface area is 140 Å². The van der Waals surface area contributed by atoms with Gasteiger partial charge >= 0.3 is 0 Å².